The number of aryl methyl sites for hydroxylation is 1. The number of piperidine rings is 1. The molecule has 0 radical (unpaired) electrons. The molecule has 0 bridgehead atoms. The van der Waals surface area contributed by atoms with Gasteiger partial charge in [-0.3, -0.25) is 4.79 Å². The maximum absolute atomic E-state index is 11.6. The van der Waals surface area contributed by atoms with Gasteiger partial charge in [0, 0.05) is 39.0 Å². The van der Waals surface area contributed by atoms with E-state index in [0.717, 1.165) is 37.4 Å². The first-order valence-electron chi connectivity index (χ1n) is 9.55. The van der Waals surface area contributed by atoms with Gasteiger partial charge in [-0.15, -0.1) is 0 Å². The third kappa shape index (κ3) is 3.69. The first kappa shape index (κ1) is 19.0. The monoisotopic (exact) mass is 362 g/mol. The molecule has 2 atom stereocenters. The lowest BCUT2D eigenvalue weighted by atomic mass is 9.73. The number of hydrogen-bond acceptors (Lipinski definition) is 6. The summed E-state index contributed by atoms with van der Waals surface area (Å²) in [6.45, 7) is 7.52. The number of nitrogens with one attached hydrogen (secondary N) is 1. The second kappa shape index (κ2) is 7.48. The van der Waals surface area contributed by atoms with Crippen molar-refractivity contribution in [3.8, 4) is 0 Å². The highest BCUT2D eigenvalue weighted by molar-refractivity contribution is 5.74. The molecule has 1 aromatic heterocycles. The van der Waals surface area contributed by atoms with Crippen LogP contribution in [0, 0.1) is 0 Å². The summed E-state index contributed by atoms with van der Waals surface area (Å²) in [5.74, 6) is 0.608. The van der Waals surface area contributed by atoms with Crippen molar-refractivity contribution in [1.29, 1.82) is 0 Å². The van der Waals surface area contributed by atoms with Crippen molar-refractivity contribution in [3.63, 3.8) is 0 Å². The zero-order valence-corrected chi connectivity index (χ0v) is 16.0. The highest BCUT2D eigenvalue weighted by Gasteiger charge is 2.53. The Morgan fingerprint density at radius 2 is 2.00 bits per heavy atom. The van der Waals surface area contributed by atoms with Crippen LogP contribution < -0.4 is 10.2 Å². The van der Waals surface area contributed by atoms with Crippen LogP contribution in [0.3, 0.4) is 0 Å². The Morgan fingerprint density at radius 3 is 2.58 bits per heavy atom. The Morgan fingerprint density at radius 1 is 1.35 bits per heavy atom. The lowest BCUT2D eigenvalue weighted by Crippen LogP contribution is -2.69. The predicted octanol–water partition coefficient (Wildman–Crippen LogP) is 1.44. The topological polar surface area (TPSA) is 87.6 Å². The van der Waals surface area contributed by atoms with Gasteiger partial charge in [0.15, 0.2) is 0 Å². The van der Waals surface area contributed by atoms with E-state index in [-0.39, 0.29) is 5.91 Å². The summed E-state index contributed by atoms with van der Waals surface area (Å²) in [5.41, 5.74) is -0.111. The van der Waals surface area contributed by atoms with Crippen molar-refractivity contribution in [2.45, 2.75) is 70.1 Å². The van der Waals surface area contributed by atoms with Crippen LogP contribution in [0.15, 0.2) is 12.4 Å². The van der Waals surface area contributed by atoms with Crippen LogP contribution in [0.4, 0.5) is 5.95 Å². The number of carbonyl (C=O) groups excluding carboxylic acids is 1. The summed E-state index contributed by atoms with van der Waals surface area (Å²) in [5, 5.41) is 13.9. The quantitative estimate of drug-likeness (QED) is 0.843. The van der Waals surface area contributed by atoms with Crippen molar-refractivity contribution in [3.05, 3.63) is 18.0 Å². The Kier molecular flexibility index (Phi) is 5.48. The molecular weight excluding hydrogens is 332 g/mol. The van der Waals surface area contributed by atoms with Gasteiger partial charge in [-0.2, -0.15) is 0 Å². The number of carbonyl (C=O) groups is 1. The lowest BCUT2D eigenvalue weighted by molar-refractivity contribution is -0.198. The maximum atomic E-state index is 11.6. The molecular formula is C19H30N4O3. The van der Waals surface area contributed by atoms with E-state index in [0.29, 0.717) is 25.9 Å². The van der Waals surface area contributed by atoms with Gasteiger partial charge in [0.1, 0.15) is 6.10 Å². The van der Waals surface area contributed by atoms with Crippen molar-refractivity contribution in [2.24, 2.45) is 0 Å². The summed E-state index contributed by atoms with van der Waals surface area (Å²) in [7, 11) is 0. The van der Waals surface area contributed by atoms with E-state index in [1.165, 1.54) is 6.92 Å². The Labute approximate surface area is 155 Å². The van der Waals surface area contributed by atoms with Gasteiger partial charge in [0.05, 0.1) is 11.1 Å². The number of aromatic nitrogens is 2. The summed E-state index contributed by atoms with van der Waals surface area (Å²) >= 11 is 0. The molecule has 3 rings (SSSR count). The molecule has 7 heteroatoms. The van der Waals surface area contributed by atoms with E-state index >= 15 is 0 Å². The molecule has 0 aromatic carbocycles. The van der Waals surface area contributed by atoms with E-state index in [4.69, 9.17) is 4.74 Å². The van der Waals surface area contributed by atoms with Crippen LogP contribution in [0.2, 0.25) is 0 Å². The molecule has 0 aliphatic carbocycles. The number of ether oxygens (including phenoxy) is 1. The van der Waals surface area contributed by atoms with E-state index < -0.39 is 17.2 Å². The average Bonchev–Trinajstić information content (AvgIpc) is 2.61. The standard InChI is InChI=1S/C19H30N4O3/c1-4-5-15-12-20-17(21-13-15)23-9-6-19(7-10-23)16(25)18(3,8-11-26-19)22-14(2)24/h12-13,16,25H,4-11H2,1-3H3,(H,22,24)/t16-,18+/m0/s1. The van der Waals surface area contributed by atoms with Gasteiger partial charge in [-0.25, -0.2) is 9.97 Å². The Bertz CT molecular complexity index is 628. The second-order valence-corrected chi connectivity index (χ2v) is 7.79. The molecule has 1 amide bonds. The van der Waals surface area contributed by atoms with Crippen LogP contribution in [0.1, 0.15) is 52.0 Å². The molecule has 0 unspecified atom stereocenters. The predicted molar refractivity (Wildman–Crippen MR) is 99.0 cm³/mol. The third-order valence-corrected chi connectivity index (χ3v) is 5.70. The highest BCUT2D eigenvalue weighted by Crippen LogP contribution is 2.40. The molecule has 2 aliphatic rings. The minimum absolute atomic E-state index is 0.124. The van der Waals surface area contributed by atoms with Crippen LogP contribution in [-0.4, -0.2) is 57.9 Å². The molecule has 2 fully saturated rings. The number of aliphatic hydroxyl groups is 1. The zero-order chi connectivity index (χ0) is 18.8. The molecule has 1 aromatic rings. The largest absolute Gasteiger partial charge is 0.388 e. The van der Waals surface area contributed by atoms with E-state index in [1.807, 2.05) is 19.3 Å². The molecule has 2 aliphatic heterocycles. The molecule has 3 heterocycles. The van der Waals surface area contributed by atoms with Gasteiger partial charge < -0.3 is 20.1 Å². The minimum atomic E-state index is -0.734. The number of rotatable bonds is 4. The van der Waals surface area contributed by atoms with Crippen molar-refractivity contribution in [1.82, 2.24) is 15.3 Å². The third-order valence-electron chi connectivity index (χ3n) is 5.70. The van der Waals surface area contributed by atoms with Crippen LogP contribution in [0.25, 0.3) is 0 Å². The summed E-state index contributed by atoms with van der Waals surface area (Å²) in [6.07, 6.45) is 7.12. The number of aliphatic hydroxyl groups excluding tert-OH is 1. The van der Waals surface area contributed by atoms with E-state index in [1.54, 1.807) is 0 Å². The number of hydrogen-bond donors (Lipinski definition) is 2. The minimum Gasteiger partial charge on any atom is -0.388 e. The Balaban J connectivity index is 1.67. The Hall–Kier alpha value is -1.73. The van der Waals surface area contributed by atoms with Crippen LogP contribution >= 0.6 is 0 Å². The lowest BCUT2D eigenvalue weighted by Gasteiger charge is -2.53. The van der Waals surface area contributed by atoms with E-state index in [2.05, 4.69) is 27.1 Å². The SMILES string of the molecule is CCCc1cnc(N2CCC3(CC2)OCC[C@@](C)(NC(C)=O)[C@@H]3O)nc1. The maximum Gasteiger partial charge on any atom is 0.225 e. The van der Waals surface area contributed by atoms with E-state index in [9.17, 15) is 9.90 Å². The van der Waals surface area contributed by atoms with Gasteiger partial charge >= 0.3 is 0 Å². The first-order valence-corrected chi connectivity index (χ1v) is 9.55. The molecule has 1 spiro atoms. The van der Waals surface area contributed by atoms with Gasteiger partial charge in [0.25, 0.3) is 0 Å². The van der Waals surface area contributed by atoms with Crippen molar-refractivity contribution in [2.75, 3.05) is 24.6 Å². The fraction of sp³-hybridized carbons (Fsp3) is 0.737. The van der Waals surface area contributed by atoms with Crippen molar-refractivity contribution >= 4 is 11.9 Å². The highest BCUT2D eigenvalue weighted by atomic mass is 16.5. The summed E-state index contributed by atoms with van der Waals surface area (Å²) in [6, 6.07) is 0. The number of nitrogens with zero attached hydrogens (tertiary/aromatic N) is 3. The average molecular weight is 362 g/mol. The second-order valence-electron chi connectivity index (χ2n) is 7.79. The number of anilines is 1. The zero-order valence-electron chi connectivity index (χ0n) is 16.0. The fourth-order valence-electron chi connectivity index (χ4n) is 4.23. The van der Waals surface area contributed by atoms with Crippen LogP contribution in [-0.2, 0) is 16.0 Å². The first-order chi connectivity index (χ1) is 12.4. The molecule has 144 valence electrons. The molecule has 7 nitrogen and oxygen atoms in total. The normalized spacial score (nSPS) is 28.2. The summed E-state index contributed by atoms with van der Waals surface area (Å²) in [4.78, 5) is 22.7. The molecule has 2 saturated heterocycles. The molecule has 0 saturated carbocycles. The number of amides is 1. The molecule has 26 heavy (non-hydrogen) atoms. The fourth-order valence-corrected chi connectivity index (χ4v) is 4.23. The van der Waals surface area contributed by atoms with Gasteiger partial charge in [-0.05, 0) is 38.2 Å². The van der Waals surface area contributed by atoms with Crippen molar-refractivity contribution < 1.29 is 14.6 Å². The van der Waals surface area contributed by atoms with Gasteiger partial charge in [-0.1, -0.05) is 13.3 Å². The smallest absolute Gasteiger partial charge is 0.225 e. The van der Waals surface area contributed by atoms with Gasteiger partial charge in [0.2, 0.25) is 11.9 Å². The van der Waals surface area contributed by atoms with Crippen LogP contribution in [0.5, 0.6) is 0 Å². The molecule has 2 N–H and O–H groups in total. The summed E-state index contributed by atoms with van der Waals surface area (Å²) < 4.78 is 6.06.